The molecule has 2 rings (SSSR count). The summed E-state index contributed by atoms with van der Waals surface area (Å²) >= 11 is 0. The molecule has 3 heteroatoms. The third-order valence-corrected chi connectivity index (χ3v) is 3.13. The van der Waals surface area contributed by atoms with Gasteiger partial charge in [0.2, 0.25) is 0 Å². The fraction of sp³-hybridized carbons (Fsp3) is 0.188. The lowest BCUT2D eigenvalue weighted by molar-refractivity contribution is 0.112. The Balaban J connectivity index is 2.42. The fourth-order valence-corrected chi connectivity index (χ4v) is 2.12. The first kappa shape index (κ1) is 13.3. The maximum atomic E-state index is 13.3. The molecular formula is C16H16FNO. The third kappa shape index (κ3) is 2.81. The van der Waals surface area contributed by atoms with Crippen LogP contribution in [0.5, 0.6) is 0 Å². The van der Waals surface area contributed by atoms with Crippen molar-refractivity contribution in [3.8, 4) is 0 Å². The molecule has 0 fully saturated rings. The van der Waals surface area contributed by atoms with E-state index in [9.17, 15) is 9.18 Å². The monoisotopic (exact) mass is 257 g/mol. The van der Waals surface area contributed by atoms with Crippen LogP contribution in [0.25, 0.3) is 0 Å². The second kappa shape index (κ2) is 5.65. The lowest BCUT2D eigenvalue weighted by atomic mass is 10.1. The van der Waals surface area contributed by atoms with E-state index in [1.165, 1.54) is 12.1 Å². The maximum Gasteiger partial charge on any atom is 0.150 e. The molecule has 0 heterocycles. The summed E-state index contributed by atoms with van der Waals surface area (Å²) in [4.78, 5) is 12.8. The van der Waals surface area contributed by atoms with Crippen molar-refractivity contribution in [3.05, 3.63) is 59.4 Å². The van der Waals surface area contributed by atoms with Crippen LogP contribution in [-0.4, -0.2) is 12.8 Å². The maximum absolute atomic E-state index is 13.3. The van der Waals surface area contributed by atoms with Crippen LogP contribution in [0.2, 0.25) is 0 Å². The van der Waals surface area contributed by atoms with E-state index in [1.54, 1.807) is 12.1 Å². The van der Waals surface area contributed by atoms with Crippen LogP contribution in [0, 0.1) is 12.7 Å². The van der Waals surface area contributed by atoms with Gasteiger partial charge in [-0.15, -0.1) is 0 Å². The fourth-order valence-electron chi connectivity index (χ4n) is 2.12. The molecule has 0 amide bonds. The van der Waals surface area contributed by atoms with Gasteiger partial charge >= 0.3 is 0 Å². The zero-order chi connectivity index (χ0) is 13.8. The largest absolute Gasteiger partial charge is 0.342 e. The second-order valence-corrected chi connectivity index (χ2v) is 4.38. The summed E-state index contributed by atoms with van der Waals surface area (Å²) in [5.74, 6) is -0.253. The molecule has 2 aromatic rings. The van der Waals surface area contributed by atoms with Gasteiger partial charge in [0.25, 0.3) is 0 Å². The molecule has 98 valence electrons. The second-order valence-electron chi connectivity index (χ2n) is 4.38. The molecular weight excluding hydrogens is 241 g/mol. The number of aldehydes is 1. The van der Waals surface area contributed by atoms with Crippen LogP contribution in [0.1, 0.15) is 22.8 Å². The van der Waals surface area contributed by atoms with Gasteiger partial charge in [0.1, 0.15) is 12.1 Å². The smallest absolute Gasteiger partial charge is 0.150 e. The van der Waals surface area contributed by atoms with Crippen molar-refractivity contribution in [2.45, 2.75) is 13.8 Å². The summed E-state index contributed by atoms with van der Waals surface area (Å²) in [6.45, 7) is 4.63. The zero-order valence-electron chi connectivity index (χ0n) is 11.1. The summed E-state index contributed by atoms with van der Waals surface area (Å²) in [5, 5.41) is 0. The number of aryl methyl sites for hydroxylation is 1. The highest BCUT2D eigenvalue weighted by molar-refractivity contribution is 5.79. The Morgan fingerprint density at radius 3 is 2.47 bits per heavy atom. The first-order chi connectivity index (χ1) is 9.15. The first-order valence-electron chi connectivity index (χ1n) is 6.24. The number of hydrogen-bond donors (Lipinski definition) is 0. The van der Waals surface area contributed by atoms with Gasteiger partial charge in [0.05, 0.1) is 0 Å². The minimum absolute atomic E-state index is 0.253. The Morgan fingerprint density at radius 1 is 1.16 bits per heavy atom. The number of benzene rings is 2. The topological polar surface area (TPSA) is 20.3 Å². The Morgan fingerprint density at radius 2 is 1.89 bits per heavy atom. The Bertz CT molecular complexity index is 595. The van der Waals surface area contributed by atoms with Crippen molar-refractivity contribution in [2.75, 3.05) is 11.4 Å². The van der Waals surface area contributed by atoms with Crippen molar-refractivity contribution >= 4 is 17.7 Å². The van der Waals surface area contributed by atoms with Crippen molar-refractivity contribution < 1.29 is 9.18 Å². The summed E-state index contributed by atoms with van der Waals surface area (Å²) in [7, 11) is 0. The number of nitrogens with zero attached hydrogens (tertiary/aromatic N) is 1. The lowest BCUT2D eigenvalue weighted by Gasteiger charge is -2.24. The quantitative estimate of drug-likeness (QED) is 0.768. The number of halogens is 1. The average Bonchev–Trinajstić information content (AvgIpc) is 2.40. The predicted octanol–water partition coefficient (Wildman–Crippen LogP) is 4.10. The molecule has 0 saturated carbocycles. The molecule has 0 N–H and O–H groups in total. The zero-order valence-corrected chi connectivity index (χ0v) is 11.1. The highest BCUT2D eigenvalue weighted by atomic mass is 19.1. The van der Waals surface area contributed by atoms with Crippen LogP contribution < -0.4 is 4.90 Å². The Labute approximate surface area is 112 Å². The molecule has 0 aliphatic heterocycles. The van der Waals surface area contributed by atoms with E-state index in [0.29, 0.717) is 5.56 Å². The molecule has 0 bridgehead atoms. The van der Waals surface area contributed by atoms with Gasteiger partial charge in [-0.2, -0.15) is 0 Å². The van der Waals surface area contributed by atoms with E-state index < -0.39 is 0 Å². The number of carbonyl (C=O) groups excluding carboxylic acids is 1. The van der Waals surface area contributed by atoms with E-state index in [0.717, 1.165) is 29.8 Å². The Kier molecular flexibility index (Phi) is 3.95. The van der Waals surface area contributed by atoms with Gasteiger partial charge in [0.15, 0.2) is 0 Å². The van der Waals surface area contributed by atoms with E-state index in [-0.39, 0.29) is 5.82 Å². The van der Waals surface area contributed by atoms with Crippen molar-refractivity contribution in [1.82, 2.24) is 0 Å². The van der Waals surface area contributed by atoms with Gasteiger partial charge in [-0.25, -0.2) is 4.39 Å². The van der Waals surface area contributed by atoms with Crippen molar-refractivity contribution in [3.63, 3.8) is 0 Å². The normalized spacial score (nSPS) is 10.3. The SMILES string of the molecule is CCN(c1cccc(F)c1)c1ccc(C=O)c(C)c1. The highest BCUT2D eigenvalue weighted by Crippen LogP contribution is 2.27. The molecule has 0 saturated heterocycles. The number of anilines is 2. The van der Waals surface area contributed by atoms with Crippen LogP contribution in [0.3, 0.4) is 0 Å². The minimum atomic E-state index is -0.253. The van der Waals surface area contributed by atoms with E-state index >= 15 is 0 Å². The highest BCUT2D eigenvalue weighted by Gasteiger charge is 2.09. The average molecular weight is 257 g/mol. The molecule has 0 aliphatic carbocycles. The van der Waals surface area contributed by atoms with Crippen molar-refractivity contribution in [1.29, 1.82) is 0 Å². The standard InChI is InChI=1S/C16H16FNO/c1-3-18(15-6-4-5-14(17)10-15)16-8-7-13(11-19)12(2)9-16/h4-11H,3H2,1-2H3. The molecule has 0 aliphatic rings. The molecule has 0 spiro atoms. The first-order valence-corrected chi connectivity index (χ1v) is 6.24. The lowest BCUT2D eigenvalue weighted by Crippen LogP contribution is -2.16. The van der Waals surface area contributed by atoms with Crippen LogP contribution >= 0.6 is 0 Å². The van der Waals surface area contributed by atoms with Gasteiger partial charge in [-0.1, -0.05) is 6.07 Å². The van der Waals surface area contributed by atoms with E-state index in [1.807, 2.05) is 36.9 Å². The van der Waals surface area contributed by atoms with Gasteiger partial charge in [0, 0.05) is 23.5 Å². The predicted molar refractivity (Wildman–Crippen MR) is 75.6 cm³/mol. The van der Waals surface area contributed by atoms with Crippen molar-refractivity contribution in [2.24, 2.45) is 0 Å². The molecule has 19 heavy (non-hydrogen) atoms. The summed E-state index contributed by atoms with van der Waals surface area (Å²) in [5.41, 5.74) is 3.36. The van der Waals surface area contributed by atoms with Gasteiger partial charge in [-0.05, 0) is 55.8 Å². The van der Waals surface area contributed by atoms with E-state index in [4.69, 9.17) is 0 Å². The van der Waals surface area contributed by atoms with E-state index in [2.05, 4.69) is 0 Å². The van der Waals surface area contributed by atoms with Crippen LogP contribution in [0.15, 0.2) is 42.5 Å². The Hall–Kier alpha value is -2.16. The number of hydrogen-bond acceptors (Lipinski definition) is 2. The van der Waals surface area contributed by atoms with Gasteiger partial charge in [-0.3, -0.25) is 4.79 Å². The minimum Gasteiger partial charge on any atom is -0.342 e. The molecule has 0 unspecified atom stereocenters. The number of carbonyl (C=O) groups is 1. The van der Waals surface area contributed by atoms with Crippen LogP contribution in [-0.2, 0) is 0 Å². The van der Waals surface area contributed by atoms with Crippen LogP contribution in [0.4, 0.5) is 15.8 Å². The molecule has 0 atom stereocenters. The third-order valence-electron chi connectivity index (χ3n) is 3.13. The molecule has 2 aromatic carbocycles. The van der Waals surface area contributed by atoms with Gasteiger partial charge < -0.3 is 4.90 Å². The molecule has 0 aromatic heterocycles. The number of rotatable bonds is 4. The molecule has 0 radical (unpaired) electrons. The molecule has 2 nitrogen and oxygen atoms in total. The summed E-state index contributed by atoms with van der Waals surface area (Å²) in [6, 6.07) is 12.1. The summed E-state index contributed by atoms with van der Waals surface area (Å²) in [6.07, 6.45) is 0.845. The summed E-state index contributed by atoms with van der Waals surface area (Å²) < 4.78 is 13.3.